The number of aromatic amines is 1. The molecule has 2 bridgehead atoms. The second kappa shape index (κ2) is 7.71. The van der Waals surface area contributed by atoms with Gasteiger partial charge in [0.1, 0.15) is 17.8 Å². The Hall–Kier alpha value is -2.08. The Bertz CT molecular complexity index is 1230. The molecule has 0 spiro atoms. The van der Waals surface area contributed by atoms with E-state index in [1.807, 2.05) is 0 Å². The van der Waals surface area contributed by atoms with Gasteiger partial charge in [0.15, 0.2) is 25.7 Å². The van der Waals surface area contributed by atoms with Crippen molar-refractivity contribution in [3.05, 3.63) is 16.7 Å². The molecule has 2 saturated heterocycles. The highest BCUT2D eigenvalue weighted by atomic mass is 28.4. The van der Waals surface area contributed by atoms with Gasteiger partial charge in [-0.25, -0.2) is 4.98 Å². The lowest BCUT2D eigenvalue weighted by molar-refractivity contribution is -0.196. The normalized spacial score (nSPS) is 29.8. The van der Waals surface area contributed by atoms with Crippen molar-refractivity contribution in [2.75, 3.05) is 11.9 Å². The average molecular weight is 504 g/mol. The van der Waals surface area contributed by atoms with Crippen molar-refractivity contribution < 1.29 is 18.7 Å². The first-order valence-corrected chi connectivity index (χ1v) is 15.3. The number of carbonyl (C=O) groups excluding carboxylic acids is 1. The SMILES string of the molecule is CC(C)C(=O)Nc1nc2c(ncn2[C@@H]2O[C@@]3(C4(C)CC4)COC2[C@H]3O[Si](C)(C)C(C)(C)C)c(=O)[nH]1. The van der Waals surface area contributed by atoms with Gasteiger partial charge in [0.05, 0.1) is 12.9 Å². The van der Waals surface area contributed by atoms with Crippen LogP contribution in [0.25, 0.3) is 11.2 Å². The Balaban J connectivity index is 1.55. The van der Waals surface area contributed by atoms with Gasteiger partial charge in [-0.2, -0.15) is 4.98 Å². The van der Waals surface area contributed by atoms with Crippen LogP contribution in [0.5, 0.6) is 0 Å². The smallest absolute Gasteiger partial charge is 0.280 e. The third kappa shape index (κ3) is 3.70. The number of carbonyl (C=O) groups is 1. The Morgan fingerprint density at radius 2 is 2.03 bits per heavy atom. The van der Waals surface area contributed by atoms with E-state index in [0.717, 1.165) is 12.8 Å². The van der Waals surface area contributed by atoms with Gasteiger partial charge in [0.2, 0.25) is 11.9 Å². The number of rotatable bonds is 6. The van der Waals surface area contributed by atoms with E-state index in [1.54, 1.807) is 24.7 Å². The summed E-state index contributed by atoms with van der Waals surface area (Å²) >= 11 is 0. The van der Waals surface area contributed by atoms with E-state index in [9.17, 15) is 9.59 Å². The summed E-state index contributed by atoms with van der Waals surface area (Å²) in [4.78, 5) is 36.4. The molecule has 10 nitrogen and oxygen atoms in total. The summed E-state index contributed by atoms with van der Waals surface area (Å²) in [5.41, 5.74) is -0.482. The molecule has 0 radical (unpaired) electrons. The minimum absolute atomic E-state index is 0.0266. The second-order valence-corrected chi connectivity index (χ2v) is 17.2. The van der Waals surface area contributed by atoms with Gasteiger partial charge in [-0.1, -0.05) is 41.5 Å². The lowest BCUT2D eigenvalue weighted by atomic mass is 9.83. The summed E-state index contributed by atoms with van der Waals surface area (Å²) < 4.78 is 22.0. The van der Waals surface area contributed by atoms with Crippen LogP contribution in [0.1, 0.15) is 60.6 Å². The van der Waals surface area contributed by atoms with Crippen LogP contribution in [0.15, 0.2) is 11.1 Å². The number of amides is 1. The molecule has 4 heterocycles. The van der Waals surface area contributed by atoms with Crippen LogP contribution in [-0.2, 0) is 18.7 Å². The monoisotopic (exact) mass is 503 g/mol. The summed E-state index contributed by atoms with van der Waals surface area (Å²) in [7, 11) is -2.13. The fourth-order valence-electron chi connectivity index (χ4n) is 4.85. The molecule has 3 aliphatic rings. The molecule has 2 aromatic rings. The second-order valence-electron chi connectivity index (χ2n) is 12.4. The number of aromatic nitrogens is 4. The maximum atomic E-state index is 12.7. The van der Waals surface area contributed by atoms with E-state index in [1.165, 1.54) is 0 Å². The summed E-state index contributed by atoms with van der Waals surface area (Å²) in [5, 5.41) is 2.71. The van der Waals surface area contributed by atoms with E-state index in [4.69, 9.17) is 13.9 Å². The molecule has 11 heteroatoms. The predicted molar refractivity (Wildman–Crippen MR) is 134 cm³/mol. The Kier molecular flexibility index (Phi) is 5.42. The van der Waals surface area contributed by atoms with Gasteiger partial charge < -0.3 is 13.9 Å². The molecular formula is C24H37N5O5Si. The van der Waals surface area contributed by atoms with Crippen LogP contribution in [0.4, 0.5) is 5.95 Å². The van der Waals surface area contributed by atoms with Gasteiger partial charge in [-0.3, -0.25) is 24.5 Å². The quantitative estimate of drug-likeness (QED) is 0.578. The summed E-state index contributed by atoms with van der Waals surface area (Å²) in [5.74, 6) is -0.401. The lowest BCUT2D eigenvalue weighted by Gasteiger charge is -2.43. The molecule has 5 rings (SSSR count). The molecular weight excluding hydrogens is 466 g/mol. The van der Waals surface area contributed by atoms with Gasteiger partial charge in [-0.05, 0) is 31.0 Å². The van der Waals surface area contributed by atoms with Gasteiger partial charge in [0, 0.05) is 11.3 Å². The van der Waals surface area contributed by atoms with E-state index in [0.29, 0.717) is 12.3 Å². The third-order valence-electron chi connectivity index (χ3n) is 8.58. The molecule has 1 aliphatic carbocycles. The molecule has 4 atom stereocenters. The minimum atomic E-state index is -2.13. The molecule has 2 aromatic heterocycles. The van der Waals surface area contributed by atoms with Crippen LogP contribution < -0.4 is 10.9 Å². The number of hydrogen-bond donors (Lipinski definition) is 2. The molecule has 1 amide bonds. The Labute approximate surface area is 206 Å². The summed E-state index contributed by atoms with van der Waals surface area (Å²) in [6.07, 6.45) is 2.57. The standard InChI is InChI=1S/C24H37N5O5Si/c1-13(2)18(30)27-21-26-17-14(19(31)28-21)25-12-29(17)20-15-16(34-35(7,8)22(3,4)5)24(33-20,11-32-15)23(6)9-10-23/h12-13,15-16,20H,9-11H2,1-8H3,(H2,26,27,28,30,31)/t15?,16-,20-,24+/m1/s1. The van der Waals surface area contributed by atoms with Gasteiger partial charge in [0.25, 0.3) is 5.56 Å². The minimum Gasteiger partial charge on any atom is -0.408 e. The van der Waals surface area contributed by atoms with Crippen LogP contribution in [0.2, 0.25) is 18.1 Å². The van der Waals surface area contributed by atoms with Crippen molar-refractivity contribution in [1.29, 1.82) is 0 Å². The van der Waals surface area contributed by atoms with Crippen molar-refractivity contribution in [3.8, 4) is 0 Å². The molecule has 35 heavy (non-hydrogen) atoms. The zero-order chi connectivity index (χ0) is 25.6. The number of nitrogens with zero attached hydrogens (tertiary/aromatic N) is 3. The third-order valence-corrected chi connectivity index (χ3v) is 13.0. The maximum absolute atomic E-state index is 12.7. The number of nitrogens with one attached hydrogen (secondary N) is 2. The van der Waals surface area contributed by atoms with Crippen LogP contribution in [0.3, 0.4) is 0 Å². The van der Waals surface area contributed by atoms with Crippen LogP contribution >= 0.6 is 0 Å². The first-order chi connectivity index (χ1) is 16.2. The zero-order valence-electron chi connectivity index (χ0n) is 21.9. The number of imidazole rings is 1. The zero-order valence-corrected chi connectivity index (χ0v) is 22.9. The molecule has 192 valence electrons. The number of fused-ring (bicyclic) bond motifs is 3. The fourth-order valence-corrected chi connectivity index (χ4v) is 6.16. The molecule has 1 unspecified atom stereocenters. The van der Waals surface area contributed by atoms with Crippen LogP contribution in [0, 0.1) is 11.3 Å². The molecule has 0 aromatic carbocycles. The van der Waals surface area contributed by atoms with E-state index in [-0.39, 0.29) is 46.0 Å². The van der Waals surface area contributed by atoms with Gasteiger partial charge in [-0.15, -0.1) is 0 Å². The molecule has 1 saturated carbocycles. The highest BCUT2D eigenvalue weighted by Gasteiger charge is 2.73. The maximum Gasteiger partial charge on any atom is 0.280 e. The molecule has 2 aliphatic heterocycles. The van der Waals surface area contributed by atoms with E-state index < -0.39 is 25.7 Å². The number of ether oxygens (including phenoxy) is 2. The Morgan fingerprint density at radius 1 is 1.34 bits per heavy atom. The van der Waals surface area contributed by atoms with Crippen molar-refractivity contribution in [1.82, 2.24) is 19.5 Å². The largest absolute Gasteiger partial charge is 0.408 e. The average Bonchev–Trinajstić information content (AvgIpc) is 3.11. The number of hydrogen-bond acceptors (Lipinski definition) is 7. The van der Waals surface area contributed by atoms with E-state index in [2.05, 4.69) is 61.1 Å². The first kappa shape index (κ1) is 24.6. The Morgan fingerprint density at radius 3 is 2.63 bits per heavy atom. The molecule has 3 fully saturated rings. The molecule has 2 N–H and O–H groups in total. The predicted octanol–water partition coefficient (Wildman–Crippen LogP) is 3.57. The first-order valence-electron chi connectivity index (χ1n) is 12.4. The van der Waals surface area contributed by atoms with Gasteiger partial charge >= 0.3 is 0 Å². The topological polar surface area (TPSA) is 120 Å². The van der Waals surface area contributed by atoms with Crippen molar-refractivity contribution in [2.45, 2.75) is 96.6 Å². The van der Waals surface area contributed by atoms with E-state index >= 15 is 0 Å². The number of anilines is 1. The fraction of sp³-hybridized carbons (Fsp3) is 0.750. The lowest BCUT2D eigenvalue weighted by Crippen LogP contribution is -2.54. The number of H-pyrrole nitrogens is 1. The van der Waals surface area contributed by atoms with Crippen molar-refractivity contribution in [3.63, 3.8) is 0 Å². The highest BCUT2D eigenvalue weighted by molar-refractivity contribution is 6.74. The highest BCUT2D eigenvalue weighted by Crippen LogP contribution is 2.65. The van der Waals surface area contributed by atoms with Crippen molar-refractivity contribution >= 4 is 31.3 Å². The summed E-state index contributed by atoms with van der Waals surface area (Å²) in [6, 6.07) is 0. The van der Waals surface area contributed by atoms with Crippen LogP contribution in [-0.4, -0.2) is 58.2 Å². The van der Waals surface area contributed by atoms with Crippen molar-refractivity contribution in [2.24, 2.45) is 11.3 Å². The summed E-state index contributed by atoms with van der Waals surface area (Å²) in [6.45, 7) is 17.5.